The van der Waals surface area contributed by atoms with E-state index >= 15 is 0 Å². The van der Waals surface area contributed by atoms with Crippen molar-refractivity contribution in [3.63, 3.8) is 0 Å². The fourth-order valence-electron chi connectivity index (χ4n) is 4.18. The number of fused-ring (bicyclic) bond motifs is 1. The number of aromatic carboxylic acids is 1. The number of hydrogen-bond donors (Lipinski definition) is 2. The molecule has 192 valence electrons. The van der Waals surface area contributed by atoms with Crippen LogP contribution in [0.15, 0.2) is 40.9 Å². The minimum absolute atomic E-state index is 0.0172. The van der Waals surface area contributed by atoms with Crippen molar-refractivity contribution in [3.05, 3.63) is 63.8 Å². The molecule has 0 unspecified atom stereocenters. The number of nitrogens with zero attached hydrogens (tertiary/aromatic N) is 3. The summed E-state index contributed by atoms with van der Waals surface area (Å²) >= 11 is 7.21. The molecule has 11 heteroatoms. The second-order valence-corrected chi connectivity index (χ2v) is 10.7. The second kappa shape index (κ2) is 11.1. The van der Waals surface area contributed by atoms with Crippen molar-refractivity contribution >= 4 is 39.8 Å². The van der Waals surface area contributed by atoms with Crippen LogP contribution in [-0.2, 0) is 6.54 Å². The molecule has 0 atom stereocenters. The van der Waals surface area contributed by atoms with Gasteiger partial charge in [-0.15, -0.1) is 11.3 Å². The first-order chi connectivity index (χ1) is 17.1. The first-order valence-electron chi connectivity index (χ1n) is 11.5. The number of nitrogens with two attached hydrogens (primary N) is 1. The van der Waals surface area contributed by atoms with Gasteiger partial charge in [-0.25, -0.2) is 13.6 Å². The van der Waals surface area contributed by atoms with Gasteiger partial charge in [0, 0.05) is 29.6 Å². The van der Waals surface area contributed by atoms with Gasteiger partial charge in [0.05, 0.1) is 21.3 Å². The van der Waals surface area contributed by atoms with Crippen LogP contribution in [0.1, 0.15) is 42.9 Å². The van der Waals surface area contributed by atoms with Crippen LogP contribution < -0.4 is 5.73 Å². The molecular weight excluding hydrogens is 510 g/mol. The summed E-state index contributed by atoms with van der Waals surface area (Å²) in [7, 11) is 0. The van der Waals surface area contributed by atoms with Crippen molar-refractivity contribution in [2.24, 2.45) is 5.73 Å². The number of carboxylic acid groups (broad SMARTS) is 1. The average Bonchev–Trinajstić information content (AvgIpc) is 3.54. The van der Waals surface area contributed by atoms with E-state index < -0.39 is 17.6 Å². The van der Waals surface area contributed by atoms with Gasteiger partial charge in [0.2, 0.25) is 0 Å². The molecule has 1 aliphatic heterocycles. The highest BCUT2D eigenvalue weighted by Gasteiger charge is 2.20. The largest absolute Gasteiger partial charge is 0.477 e. The average molecular weight is 537 g/mol. The molecule has 36 heavy (non-hydrogen) atoms. The van der Waals surface area contributed by atoms with E-state index in [1.807, 2.05) is 0 Å². The standard InChI is InChI=1S/C17H9ClF2N2O3S.C8H18N2/c18-16-2-1-15(26-16)14-5-9(21-25-14)7-22-12-4-8(19)3-11(20)10(12)6-13(22)17(23)24;1-7(2)10-5-3-8(9)4-6-10/h1-6H,7H2,(H,23,24);7-8H,3-6,9H2,1-2H3. The Labute approximate surface area is 216 Å². The van der Waals surface area contributed by atoms with Crippen molar-refractivity contribution in [2.75, 3.05) is 13.1 Å². The smallest absolute Gasteiger partial charge is 0.352 e. The third-order valence-corrected chi connectivity index (χ3v) is 7.40. The lowest BCUT2D eigenvalue weighted by molar-refractivity contribution is 0.0686. The molecule has 0 bridgehead atoms. The highest BCUT2D eigenvalue weighted by Crippen LogP contribution is 2.32. The fourth-order valence-corrected chi connectivity index (χ4v) is 5.17. The van der Waals surface area contributed by atoms with E-state index in [9.17, 15) is 18.7 Å². The van der Waals surface area contributed by atoms with Crippen LogP contribution in [0.2, 0.25) is 4.34 Å². The zero-order chi connectivity index (χ0) is 26.0. The molecule has 1 aliphatic rings. The molecule has 4 aromatic rings. The van der Waals surface area contributed by atoms with Gasteiger partial charge in [-0.1, -0.05) is 16.8 Å². The number of carboxylic acids is 1. The first-order valence-corrected chi connectivity index (χ1v) is 12.7. The lowest BCUT2D eigenvalue weighted by Crippen LogP contribution is -2.42. The molecule has 7 nitrogen and oxygen atoms in total. The van der Waals surface area contributed by atoms with Gasteiger partial charge in [0.1, 0.15) is 23.0 Å². The van der Waals surface area contributed by atoms with E-state index in [-0.39, 0.29) is 23.1 Å². The van der Waals surface area contributed by atoms with Gasteiger partial charge in [-0.2, -0.15) is 0 Å². The molecular formula is C25H27ClF2N4O3S. The molecule has 0 saturated carbocycles. The summed E-state index contributed by atoms with van der Waals surface area (Å²) in [4.78, 5) is 14.8. The zero-order valence-electron chi connectivity index (χ0n) is 19.9. The molecule has 1 aromatic carbocycles. The number of hydrogen-bond acceptors (Lipinski definition) is 6. The normalized spacial score (nSPS) is 14.9. The Morgan fingerprint density at radius 3 is 2.58 bits per heavy atom. The van der Waals surface area contributed by atoms with Crippen molar-refractivity contribution in [2.45, 2.75) is 45.3 Å². The Bertz CT molecular complexity index is 1360. The highest BCUT2D eigenvalue weighted by atomic mass is 35.5. The lowest BCUT2D eigenvalue weighted by Gasteiger charge is -2.32. The minimum Gasteiger partial charge on any atom is -0.477 e. The van der Waals surface area contributed by atoms with Gasteiger partial charge in [0.15, 0.2) is 5.76 Å². The van der Waals surface area contributed by atoms with Gasteiger partial charge in [-0.3, -0.25) is 0 Å². The number of piperidine rings is 1. The molecule has 1 fully saturated rings. The summed E-state index contributed by atoms with van der Waals surface area (Å²) in [5.74, 6) is -2.40. The quantitative estimate of drug-likeness (QED) is 0.332. The summed E-state index contributed by atoms with van der Waals surface area (Å²) < 4.78 is 34.7. The van der Waals surface area contributed by atoms with Crippen molar-refractivity contribution in [3.8, 4) is 10.6 Å². The number of thiophene rings is 1. The van der Waals surface area contributed by atoms with Crippen LogP contribution in [0, 0.1) is 11.6 Å². The Morgan fingerprint density at radius 2 is 1.97 bits per heavy atom. The van der Waals surface area contributed by atoms with Gasteiger partial charge in [0.25, 0.3) is 0 Å². The Hall–Kier alpha value is -2.79. The molecule has 5 rings (SSSR count). The van der Waals surface area contributed by atoms with Gasteiger partial charge in [-0.05, 0) is 64.0 Å². The zero-order valence-corrected chi connectivity index (χ0v) is 21.5. The predicted molar refractivity (Wildman–Crippen MR) is 137 cm³/mol. The summed E-state index contributed by atoms with van der Waals surface area (Å²) in [6.07, 6.45) is 2.36. The number of likely N-dealkylation sites (tertiary alicyclic amines) is 1. The van der Waals surface area contributed by atoms with E-state index in [0.717, 1.165) is 10.9 Å². The summed E-state index contributed by atoms with van der Waals surface area (Å²) in [5, 5.41) is 13.3. The molecule has 0 aliphatic carbocycles. The third kappa shape index (κ3) is 5.95. The molecule has 3 aromatic heterocycles. The summed E-state index contributed by atoms with van der Waals surface area (Å²) in [6, 6.07) is 9.27. The van der Waals surface area contributed by atoms with Crippen molar-refractivity contribution in [1.82, 2.24) is 14.6 Å². The van der Waals surface area contributed by atoms with Crippen LogP contribution in [0.5, 0.6) is 0 Å². The number of carbonyl (C=O) groups is 1. The monoisotopic (exact) mass is 536 g/mol. The van der Waals surface area contributed by atoms with E-state index in [2.05, 4.69) is 23.9 Å². The lowest BCUT2D eigenvalue weighted by atomic mass is 10.1. The Morgan fingerprint density at radius 1 is 1.25 bits per heavy atom. The van der Waals surface area contributed by atoms with Crippen LogP contribution in [0.3, 0.4) is 0 Å². The van der Waals surface area contributed by atoms with Gasteiger partial charge < -0.3 is 24.8 Å². The highest BCUT2D eigenvalue weighted by molar-refractivity contribution is 7.19. The van der Waals surface area contributed by atoms with Crippen LogP contribution in [-0.4, -0.2) is 50.9 Å². The SMILES string of the molecule is CC(C)N1CCC(N)CC1.O=C(O)c1cc2c(F)cc(F)cc2n1Cc1cc(-c2ccc(Cl)s2)on1. The van der Waals surface area contributed by atoms with Crippen LogP contribution in [0.4, 0.5) is 8.78 Å². The predicted octanol–water partition coefficient (Wildman–Crippen LogP) is 5.85. The van der Waals surface area contributed by atoms with E-state index in [1.165, 1.54) is 47.9 Å². The van der Waals surface area contributed by atoms with E-state index in [0.29, 0.717) is 33.9 Å². The maximum absolute atomic E-state index is 14.0. The second-order valence-electron chi connectivity index (χ2n) is 8.99. The maximum Gasteiger partial charge on any atom is 0.352 e. The Kier molecular flexibility index (Phi) is 8.09. The topological polar surface area (TPSA) is 97.5 Å². The number of aromatic nitrogens is 2. The van der Waals surface area contributed by atoms with Crippen LogP contribution >= 0.6 is 22.9 Å². The number of benzene rings is 1. The minimum atomic E-state index is -1.25. The van der Waals surface area contributed by atoms with Crippen LogP contribution in [0.25, 0.3) is 21.5 Å². The third-order valence-electron chi connectivity index (χ3n) is 6.15. The maximum atomic E-state index is 14.0. The van der Waals surface area contributed by atoms with E-state index in [1.54, 1.807) is 18.2 Å². The Balaban J connectivity index is 0.000000256. The van der Waals surface area contributed by atoms with E-state index in [4.69, 9.17) is 21.9 Å². The molecule has 0 amide bonds. The number of halogens is 3. The summed E-state index contributed by atoms with van der Waals surface area (Å²) in [6.45, 7) is 6.86. The molecule has 0 radical (unpaired) electrons. The fraction of sp³-hybridized carbons (Fsp3) is 0.360. The number of rotatable bonds is 5. The van der Waals surface area contributed by atoms with Crippen molar-refractivity contribution < 1.29 is 23.2 Å². The summed E-state index contributed by atoms with van der Waals surface area (Å²) in [5.41, 5.74) is 6.14. The van der Waals surface area contributed by atoms with Gasteiger partial charge >= 0.3 is 5.97 Å². The molecule has 0 spiro atoms. The van der Waals surface area contributed by atoms with Crippen molar-refractivity contribution in [1.29, 1.82) is 0 Å². The molecule has 1 saturated heterocycles. The molecule has 3 N–H and O–H groups in total. The molecule has 4 heterocycles. The first kappa shape index (κ1) is 26.3.